The lowest BCUT2D eigenvalue weighted by Gasteiger charge is -2.36. The molecule has 27 heavy (non-hydrogen) atoms. The molecule has 1 aliphatic heterocycles. The summed E-state index contributed by atoms with van der Waals surface area (Å²) < 4.78 is 5.62. The van der Waals surface area contributed by atoms with E-state index in [0.29, 0.717) is 35.5 Å². The molecule has 0 aliphatic carbocycles. The van der Waals surface area contributed by atoms with Crippen molar-refractivity contribution in [2.45, 2.75) is 32.4 Å². The zero-order chi connectivity index (χ0) is 19.2. The molecular weight excluding hydrogens is 364 g/mol. The molecular formula is C20H25ClN4O2. The maximum atomic E-state index is 11.6. The monoisotopic (exact) mass is 388 g/mol. The van der Waals surface area contributed by atoms with Crippen LogP contribution in [-0.2, 0) is 6.54 Å². The summed E-state index contributed by atoms with van der Waals surface area (Å²) in [5, 5.41) is 3.99. The third-order valence-corrected chi connectivity index (χ3v) is 5.03. The molecule has 0 spiro atoms. The van der Waals surface area contributed by atoms with E-state index in [2.05, 4.69) is 15.2 Å². The highest BCUT2D eigenvalue weighted by Crippen LogP contribution is 2.28. The quantitative estimate of drug-likeness (QED) is 0.762. The molecule has 6 nitrogen and oxygen atoms in total. The van der Waals surface area contributed by atoms with E-state index >= 15 is 0 Å². The fourth-order valence-electron chi connectivity index (χ4n) is 3.35. The molecule has 1 aliphatic rings. The molecule has 2 aromatic rings. The molecule has 1 aromatic heterocycles. The van der Waals surface area contributed by atoms with E-state index in [1.807, 2.05) is 25.1 Å². The first-order chi connectivity index (χ1) is 13.1. The van der Waals surface area contributed by atoms with Crippen LogP contribution in [0.1, 0.15) is 35.7 Å². The predicted molar refractivity (Wildman–Crippen MR) is 107 cm³/mol. The number of aromatic nitrogens is 1. The fourth-order valence-corrected chi connectivity index (χ4v) is 3.53. The summed E-state index contributed by atoms with van der Waals surface area (Å²) >= 11 is 6.22. The number of hydrogen-bond acceptors (Lipinski definition) is 5. The number of nitrogens with two attached hydrogens (primary N) is 1. The van der Waals surface area contributed by atoms with Crippen LogP contribution in [0, 0.1) is 0 Å². The molecule has 1 aromatic carbocycles. The molecule has 3 rings (SSSR count). The van der Waals surface area contributed by atoms with Gasteiger partial charge in [0.1, 0.15) is 11.6 Å². The van der Waals surface area contributed by atoms with E-state index in [9.17, 15) is 4.79 Å². The Labute approximate surface area is 164 Å². The third-order valence-electron chi connectivity index (χ3n) is 4.72. The first-order valence-corrected chi connectivity index (χ1v) is 9.60. The molecule has 0 bridgehead atoms. The van der Waals surface area contributed by atoms with Crippen molar-refractivity contribution in [2.24, 2.45) is 5.73 Å². The number of carbonyl (C=O) groups is 1. The Balaban J connectivity index is 1.92. The predicted octanol–water partition coefficient (Wildman–Crippen LogP) is 2.99. The maximum Gasteiger partial charge on any atom is 0.248 e. The van der Waals surface area contributed by atoms with Crippen molar-refractivity contribution in [3.8, 4) is 5.75 Å². The Morgan fingerprint density at radius 2 is 2.11 bits per heavy atom. The number of hydrogen-bond donors (Lipinski definition) is 2. The van der Waals surface area contributed by atoms with Gasteiger partial charge in [0.25, 0.3) is 0 Å². The molecule has 1 saturated heterocycles. The van der Waals surface area contributed by atoms with Crippen LogP contribution in [-0.4, -0.2) is 36.6 Å². The number of nitrogens with zero attached hydrogens (tertiary/aromatic N) is 2. The van der Waals surface area contributed by atoms with Crippen molar-refractivity contribution in [3.63, 3.8) is 0 Å². The van der Waals surface area contributed by atoms with E-state index in [-0.39, 0.29) is 0 Å². The minimum absolute atomic E-state index is 0.327. The minimum Gasteiger partial charge on any atom is -0.492 e. The van der Waals surface area contributed by atoms with E-state index in [4.69, 9.17) is 22.1 Å². The Bertz CT molecular complexity index is 793. The van der Waals surface area contributed by atoms with Crippen molar-refractivity contribution >= 4 is 23.3 Å². The van der Waals surface area contributed by atoms with Gasteiger partial charge in [-0.3, -0.25) is 4.79 Å². The van der Waals surface area contributed by atoms with Crippen LogP contribution in [0.3, 0.4) is 0 Å². The number of ether oxygens (including phenoxy) is 1. The molecule has 1 fully saturated rings. The van der Waals surface area contributed by atoms with Crippen LogP contribution >= 0.6 is 11.6 Å². The van der Waals surface area contributed by atoms with Crippen LogP contribution in [0.4, 0.5) is 5.82 Å². The van der Waals surface area contributed by atoms with E-state index in [1.54, 1.807) is 18.3 Å². The zero-order valence-electron chi connectivity index (χ0n) is 15.5. The third kappa shape index (κ3) is 4.90. The largest absolute Gasteiger partial charge is 0.492 e. The lowest BCUT2D eigenvalue weighted by molar-refractivity contribution is 0.1000. The lowest BCUT2D eigenvalue weighted by atomic mass is 10.0. The van der Waals surface area contributed by atoms with Crippen LogP contribution in [0.25, 0.3) is 0 Å². The lowest BCUT2D eigenvalue weighted by Crippen LogP contribution is -2.43. The Morgan fingerprint density at radius 1 is 1.33 bits per heavy atom. The van der Waals surface area contributed by atoms with Crippen LogP contribution in [0.15, 0.2) is 36.5 Å². The minimum atomic E-state index is -0.450. The van der Waals surface area contributed by atoms with Crippen LogP contribution < -0.4 is 20.7 Å². The Hall–Kier alpha value is -2.31. The number of amides is 1. The number of halogens is 1. The van der Waals surface area contributed by atoms with E-state index in [0.717, 1.165) is 37.3 Å². The van der Waals surface area contributed by atoms with Gasteiger partial charge < -0.3 is 20.7 Å². The van der Waals surface area contributed by atoms with E-state index < -0.39 is 5.91 Å². The molecule has 1 amide bonds. The van der Waals surface area contributed by atoms with Crippen molar-refractivity contribution in [2.75, 3.05) is 24.6 Å². The highest BCUT2D eigenvalue weighted by Gasteiger charge is 2.23. The normalized spacial score (nSPS) is 14.7. The van der Waals surface area contributed by atoms with Gasteiger partial charge in [-0.25, -0.2) is 4.98 Å². The average Bonchev–Trinajstić information content (AvgIpc) is 2.69. The van der Waals surface area contributed by atoms with Gasteiger partial charge in [-0.15, -0.1) is 0 Å². The van der Waals surface area contributed by atoms with Crippen LogP contribution in [0.5, 0.6) is 5.75 Å². The number of primary amides is 1. The fraction of sp³-hybridized carbons (Fsp3) is 0.400. The average molecular weight is 389 g/mol. The molecule has 144 valence electrons. The van der Waals surface area contributed by atoms with Gasteiger partial charge in [0, 0.05) is 24.3 Å². The molecule has 3 N–H and O–H groups in total. The number of benzene rings is 1. The van der Waals surface area contributed by atoms with Gasteiger partial charge in [0.15, 0.2) is 0 Å². The number of anilines is 1. The summed E-state index contributed by atoms with van der Waals surface area (Å²) in [5.74, 6) is 0.987. The van der Waals surface area contributed by atoms with Gasteiger partial charge in [0.2, 0.25) is 5.91 Å². The summed E-state index contributed by atoms with van der Waals surface area (Å²) in [4.78, 5) is 18.4. The van der Waals surface area contributed by atoms with Gasteiger partial charge in [-0.05, 0) is 62.7 Å². The number of pyridine rings is 1. The molecule has 0 radical (unpaired) electrons. The summed E-state index contributed by atoms with van der Waals surface area (Å²) in [6.07, 6.45) is 3.65. The Kier molecular flexibility index (Phi) is 6.53. The number of piperidine rings is 1. The topological polar surface area (TPSA) is 80.5 Å². The summed E-state index contributed by atoms with van der Waals surface area (Å²) in [7, 11) is 0. The van der Waals surface area contributed by atoms with Crippen molar-refractivity contribution in [3.05, 3.63) is 52.7 Å². The van der Waals surface area contributed by atoms with Crippen molar-refractivity contribution in [1.82, 2.24) is 10.3 Å². The molecule has 0 unspecified atom stereocenters. The van der Waals surface area contributed by atoms with Crippen molar-refractivity contribution in [1.29, 1.82) is 0 Å². The molecule has 0 atom stereocenters. The number of nitrogens with one attached hydrogen (secondary N) is 1. The first kappa shape index (κ1) is 19.5. The summed E-state index contributed by atoms with van der Waals surface area (Å²) in [6, 6.07) is 9.56. The number of carbonyl (C=O) groups excluding carboxylic acids is 1. The highest BCUT2D eigenvalue weighted by molar-refractivity contribution is 6.32. The van der Waals surface area contributed by atoms with Gasteiger partial charge in [-0.1, -0.05) is 17.7 Å². The highest BCUT2D eigenvalue weighted by atomic mass is 35.5. The smallest absolute Gasteiger partial charge is 0.248 e. The van der Waals surface area contributed by atoms with Gasteiger partial charge >= 0.3 is 0 Å². The molecule has 0 saturated carbocycles. The second kappa shape index (κ2) is 9.06. The second-order valence-electron chi connectivity index (χ2n) is 6.57. The van der Waals surface area contributed by atoms with Gasteiger partial charge in [0.05, 0.1) is 11.6 Å². The first-order valence-electron chi connectivity index (χ1n) is 9.23. The van der Waals surface area contributed by atoms with Crippen molar-refractivity contribution < 1.29 is 9.53 Å². The van der Waals surface area contributed by atoms with E-state index in [1.165, 1.54) is 0 Å². The molecule has 7 heteroatoms. The Morgan fingerprint density at radius 3 is 2.81 bits per heavy atom. The second-order valence-corrected chi connectivity index (χ2v) is 6.98. The number of rotatable bonds is 7. The SMILES string of the molecule is CCOc1cc(CN(c2cc(C(N)=O)ccn2)C2CCNCC2)ccc1Cl. The van der Waals surface area contributed by atoms with Crippen LogP contribution in [0.2, 0.25) is 5.02 Å². The molecule has 2 heterocycles. The summed E-state index contributed by atoms with van der Waals surface area (Å²) in [6.45, 7) is 5.06. The maximum absolute atomic E-state index is 11.6. The zero-order valence-corrected chi connectivity index (χ0v) is 16.2. The summed E-state index contributed by atoms with van der Waals surface area (Å²) in [5.41, 5.74) is 7.00. The standard InChI is InChI=1S/C20H25ClN4O2/c1-2-27-18-11-14(3-4-17(18)21)13-25(16-6-8-23-9-7-16)19-12-15(20(22)26)5-10-24-19/h3-5,10-12,16,23H,2,6-9,13H2,1H3,(H2,22,26). The van der Waals surface area contributed by atoms with Gasteiger partial charge in [-0.2, -0.15) is 0 Å².